The molecule has 156 valence electrons. The highest BCUT2D eigenvalue weighted by Gasteiger charge is 2.31. The van der Waals surface area contributed by atoms with E-state index in [1.54, 1.807) is 24.3 Å². The molecule has 0 unspecified atom stereocenters. The Bertz CT molecular complexity index is 1130. The second kappa shape index (κ2) is 9.19. The van der Waals surface area contributed by atoms with Gasteiger partial charge in [-0.05, 0) is 67.1 Å². The normalized spacial score (nSPS) is 11.0. The fourth-order valence-electron chi connectivity index (χ4n) is 2.76. The standard InChI is InChI=1S/C22H20ClNO5S/c1-16-5-3-4-6-21(16)29-15-22(25)24(18-9-11-19(28-2)12-10-18)30(26,27)20-13-7-17(23)8-14-20/h3-14H,15H2,1-2H3. The van der Waals surface area contributed by atoms with Crippen molar-refractivity contribution in [2.24, 2.45) is 0 Å². The van der Waals surface area contributed by atoms with Gasteiger partial charge in [0.25, 0.3) is 15.9 Å². The first-order chi connectivity index (χ1) is 14.3. The Hall–Kier alpha value is -3.03. The first-order valence-corrected chi connectivity index (χ1v) is 10.8. The van der Waals surface area contributed by atoms with E-state index >= 15 is 0 Å². The number of methoxy groups -OCH3 is 1. The number of hydrogen-bond acceptors (Lipinski definition) is 5. The quantitative estimate of drug-likeness (QED) is 0.537. The van der Waals surface area contributed by atoms with Gasteiger partial charge < -0.3 is 9.47 Å². The number of rotatable bonds is 7. The van der Waals surface area contributed by atoms with Gasteiger partial charge in [0.05, 0.1) is 17.7 Å². The minimum absolute atomic E-state index is 0.0630. The van der Waals surface area contributed by atoms with Crippen LogP contribution in [0.3, 0.4) is 0 Å². The number of nitrogens with zero attached hydrogens (tertiary/aromatic N) is 1. The van der Waals surface area contributed by atoms with Gasteiger partial charge in [0, 0.05) is 5.02 Å². The van der Waals surface area contributed by atoms with Gasteiger partial charge in [-0.2, -0.15) is 4.31 Å². The van der Waals surface area contributed by atoms with Crippen LogP contribution in [0.2, 0.25) is 5.02 Å². The van der Waals surface area contributed by atoms with Crippen molar-refractivity contribution in [1.29, 1.82) is 0 Å². The number of aryl methyl sites for hydroxylation is 1. The Kier molecular flexibility index (Phi) is 6.64. The number of para-hydroxylation sites is 1. The summed E-state index contributed by atoms with van der Waals surface area (Å²) in [4.78, 5) is 13.0. The molecule has 0 aliphatic heterocycles. The van der Waals surface area contributed by atoms with Crippen LogP contribution in [0.15, 0.2) is 77.7 Å². The van der Waals surface area contributed by atoms with Gasteiger partial charge in [-0.3, -0.25) is 4.79 Å². The third-order valence-corrected chi connectivity index (χ3v) is 6.35. The summed E-state index contributed by atoms with van der Waals surface area (Å²) in [5.74, 6) is 0.300. The van der Waals surface area contributed by atoms with Crippen molar-refractivity contribution in [3.63, 3.8) is 0 Å². The molecule has 0 spiro atoms. The van der Waals surface area contributed by atoms with E-state index in [-0.39, 0.29) is 10.6 Å². The second-order valence-corrected chi connectivity index (χ2v) is 8.59. The van der Waals surface area contributed by atoms with Crippen molar-refractivity contribution in [3.05, 3.63) is 83.4 Å². The van der Waals surface area contributed by atoms with Crippen LogP contribution in [-0.2, 0) is 14.8 Å². The number of benzene rings is 3. The van der Waals surface area contributed by atoms with Crippen molar-refractivity contribution < 1.29 is 22.7 Å². The predicted molar refractivity (Wildman–Crippen MR) is 116 cm³/mol. The summed E-state index contributed by atoms with van der Waals surface area (Å²) in [5.41, 5.74) is 1.01. The predicted octanol–water partition coefficient (Wildman–Crippen LogP) is 4.46. The minimum Gasteiger partial charge on any atom is -0.497 e. The fourth-order valence-corrected chi connectivity index (χ4v) is 4.30. The van der Waals surface area contributed by atoms with Gasteiger partial charge in [-0.1, -0.05) is 29.8 Å². The molecule has 0 N–H and O–H groups in total. The zero-order valence-corrected chi connectivity index (χ0v) is 18.0. The van der Waals surface area contributed by atoms with Crippen LogP contribution in [0.5, 0.6) is 11.5 Å². The van der Waals surface area contributed by atoms with Crippen molar-refractivity contribution >= 4 is 33.2 Å². The molecule has 0 bridgehead atoms. The van der Waals surface area contributed by atoms with Gasteiger partial charge in [0.1, 0.15) is 11.5 Å². The highest BCUT2D eigenvalue weighted by molar-refractivity contribution is 7.93. The number of ether oxygens (including phenoxy) is 2. The van der Waals surface area contributed by atoms with E-state index < -0.39 is 22.5 Å². The lowest BCUT2D eigenvalue weighted by Gasteiger charge is -2.23. The topological polar surface area (TPSA) is 72.9 Å². The lowest BCUT2D eigenvalue weighted by molar-refractivity contribution is -0.119. The van der Waals surface area contributed by atoms with E-state index in [1.165, 1.54) is 43.5 Å². The first kappa shape index (κ1) is 21.7. The maximum Gasteiger partial charge on any atom is 0.278 e. The fraction of sp³-hybridized carbons (Fsp3) is 0.136. The molecule has 0 saturated heterocycles. The molecule has 0 atom stereocenters. The number of halogens is 1. The highest BCUT2D eigenvalue weighted by Crippen LogP contribution is 2.27. The molecular formula is C22H20ClNO5S. The Labute approximate surface area is 180 Å². The van der Waals surface area contributed by atoms with Gasteiger partial charge >= 0.3 is 0 Å². The molecule has 3 aromatic rings. The Morgan fingerprint density at radius 1 is 0.967 bits per heavy atom. The average Bonchev–Trinajstić information content (AvgIpc) is 2.74. The van der Waals surface area contributed by atoms with E-state index in [4.69, 9.17) is 21.1 Å². The Morgan fingerprint density at radius 2 is 1.60 bits per heavy atom. The molecule has 0 radical (unpaired) electrons. The van der Waals surface area contributed by atoms with Gasteiger partial charge in [0.2, 0.25) is 0 Å². The monoisotopic (exact) mass is 445 g/mol. The zero-order chi connectivity index (χ0) is 21.7. The Morgan fingerprint density at radius 3 is 2.20 bits per heavy atom. The number of hydrogen-bond donors (Lipinski definition) is 0. The molecule has 1 amide bonds. The molecule has 0 aliphatic carbocycles. The van der Waals surface area contributed by atoms with Crippen LogP contribution in [0, 0.1) is 6.92 Å². The molecule has 8 heteroatoms. The molecule has 3 rings (SSSR count). The maximum atomic E-state index is 13.3. The summed E-state index contributed by atoms with van der Waals surface area (Å²) in [5, 5.41) is 0.388. The summed E-state index contributed by atoms with van der Waals surface area (Å²) in [7, 11) is -2.70. The first-order valence-electron chi connectivity index (χ1n) is 8.99. The van der Waals surface area contributed by atoms with Crippen LogP contribution < -0.4 is 13.8 Å². The van der Waals surface area contributed by atoms with Crippen LogP contribution in [0.25, 0.3) is 0 Å². The largest absolute Gasteiger partial charge is 0.497 e. The molecule has 0 aromatic heterocycles. The highest BCUT2D eigenvalue weighted by atomic mass is 35.5. The van der Waals surface area contributed by atoms with Crippen molar-refractivity contribution in [2.45, 2.75) is 11.8 Å². The molecule has 0 fully saturated rings. The molecular weight excluding hydrogens is 426 g/mol. The summed E-state index contributed by atoms with van der Waals surface area (Å²) >= 11 is 5.88. The number of anilines is 1. The van der Waals surface area contributed by atoms with Crippen molar-refractivity contribution in [3.8, 4) is 11.5 Å². The van der Waals surface area contributed by atoms with E-state index in [1.807, 2.05) is 19.1 Å². The number of sulfonamides is 1. The maximum absolute atomic E-state index is 13.3. The SMILES string of the molecule is COc1ccc(N(C(=O)COc2ccccc2C)S(=O)(=O)c2ccc(Cl)cc2)cc1. The third kappa shape index (κ3) is 4.75. The third-order valence-electron chi connectivity index (χ3n) is 4.33. The number of amides is 1. The van der Waals surface area contributed by atoms with Crippen LogP contribution in [-0.4, -0.2) is 28.0 Å². The summed E-state index contributed by atoms with van der Waals surface area (Å²) < 4.78 is 38.0. The number of carbonyl (C=O) groups excluding carboxylic acids is 1. The summed E-state index contributed by atoms with van der Waals surface area (Å²) in [6.07, 6.45) is 0. The van der Waals surface area contributed by atoms with Gasteiger partial charge in [0.15, 0.2) is 6.61 Å². The molecule has 0 saturated carbocycles. The summed E-state index contributed by atoms with van der Waals surface area (Å²) in [6, 6.07) is 18.9. The smallest absolute Gasteiger partial charge is 0.278 e. The van der Waals surface area contributed by atoms with Gasteiger partial charge in [-0.25, -0.2) is 8.42 Å². The lowest BCUT2D eigenvalue weighted by Crippen LogP contribution is -2.40. The average molecular weight is 446 g/mol. The van der Waals surface area contributed by atoms with Gasteiger partial charge in [-0.15, -0.1) is 0 Å². The van der Waals surface area contributed by atoms with Crippen LogP contribution in [0.4, 0.5) is 5.69 Å². The Balaban J connectivity index is 1.97. The minimum atomic E-state index is -4.20. The van der Waals surface area contributed by atoms with E-state index in [9.17, 15) is 13.2 Å². The van der Waals surface area contributed by atoms with Crippen molar-refractivity contribution in [1.82, 2.24) is 0 Å². The molecule has 6 nitrogen and oxygen atoms in total. The molecule has 3 aromatic carbocycles. The second-order valence-electron chi connectivity index (χ2n) is 6.37. The van der Waals surface area contributed by atoms with E-state index in [0.717, 1.165) is 9.87 Å². The van der Waals surface area contributed by atoms with E-state index in [0.29, 0.717) is 16.5 Å². The molecule has 30 heavy (non-hydrogen) atoms. The molecule has 0 heterocycles. The van der Waals surface area contributed by atoms with Crippen LogP contribution in [0.1, 0.15) is 5.56 Å². The number of carbonyl (C=O) groups is 1. The summed E-state index contributed by atoms with van der Waals surface area (Å²) in [6.45, 7) is 1.38. The van der Waals surface area contributed by atoms with Crippen LogP contribution >= 0.6 is 11.6 Å². The van der Waals surface area contributed by atoms with E-state index in [2.05, 4.69) is 0 Å². The molecule has 0 aliphatic rings. The van der Waals surface area contributed by atoms with Crippen molar-refractivity contribution in [2.75, 3.05) is 18.0 Å². The zero-order valence-electron chi connectivity index (χ0n) is 16.4. The lowest BCUT2D eigenvalue weighted by atomic mass is 10.2.